The number of nitrogens with zero attached hydrogens (tertiary/aromatic N) is 4. The highest BCUT2D eigenvalue weighted by atomic mass is 32.1. The normalized spacial score (nSPS) is 23.5. The Morgan fingerprint density at radius 3 is 3.15 bits per heavy atom. The Bertz CT molecular complexity index is 253. The predicted molar refractivity (Wildman–Crippen MR) is 49.8 cm³/mol. The highest BCUT2D eigenvalue weighted by Gasteiger charge is 2.24. The van der Waals surface area contributed by atoms with Crippen molar-refractivity contribution < 1.29 is 5.11 Å². The van der Waals surface area contributed by atoms with Gasteiger partial charge in [0.05, 0.1) is 12.6 Å². The van der Waals surface area contributed by atoms with Crippen LogP contribution in [0.5, 0.6) is 0 Å². The minimum absolute atomic E-state index is 0.194. The Morgan fingerprint density at radius 1 is 1.54 bits per heavy atom. The first-order valence-electron chi connectivity index (χ1n) is 4.44. The molecule has 2 heterocycles. The van der Waals surface area contributed by atoms with Gasteiger partial charge in [-0.15, -0.1) is 0 Å². The predicted octanol–water partition coefficient (Wildman–Crippen LogP) is 0.284. The molecule has 0 aromatic carbocycles. The molecule has 1 unspecified atom stereocenters. The smallest absolute Gasteiger partial charge is 0.228 e. The number of aromatic nitrogens is 3. The fourth-order valence-corrected chi connectivity index (χ4v) is 2.25. The number of aliphatic hydroxyl groups is 1. The topological polar surface area (TPSA) is 62.1 Å². The summed E-state index contributed by atoms with van der Waals surface area (Å²) in [5.74, 6) is 0. The molecule has 1 saturated heterocycles. The van der Waals surface area contributed by atoms with Crippen molar-refractivity contribution in [3.63, 3.8) is 0 Å². The van der Waals surface area contributed by atoms with Crippen LogP contribution in [-0.2, 0) is 0 Å². The first kappa shape index (κ1) is 8.83. The van der Waals surface area contributed by atoms with Crippen LogP contribution in [-0.4, -0.2) is 39.1 Å². The van der Waals surface area contributed by atoms with Gasteiger partial charge in [0.15, 0.2) is 0 Å². The van der Waals surface area contributed by atoms with E-state index in [9.17, 15) is 0 Å². The van der Waals surface area contributed by atoms with Gasteiger partial charge in [-0.2, -0.15) is 0 Å². The summed E-state index contributed by atoms with van der Waals surface area (Å²) in [5, 5.41) is 17.5. The standard InChI is InChI=1S/C7H12N4OS/c12-5-6-3-1-2-4-11(6)7-8-9-10-13-7/h6,12H,1-5H2. The Kier molecular flexibility index (Phi) is 2.70. The minimum atomic E-state index is 0.194. The van der Waals surface area contributed by atoms with Gasteiger partial charge in [0.1, 0.15) is 0 Å². The molecule has 0 aliphatic carbocycles. The number of piperidine rings is 1. The molecule has 72 valence electrons. The van der Waals surface area contributed by atoms with E-state index in [1.54, 1.807) is 0 Å². The van der Waals surface area contributed by atoms with Crippen LogP contribution < -0.4 is 4.90 Å². The lowest BCUT2D eigenvalue weighted by Crippen LogP contribution is -2.41. The molecule has 0 radical (unpaired) electrons. The van der Waals surface area contributed by atoms with E-state index >= 15 is 0 Å². The largest absolute Gasteiger partial charge is 0.394 e. The van der Waals surface area contributed by atoms with Crippen LogP contribution in [0.2, 0.25) is 0 Å². The van der Waals surface area contributed by atoms with Crippen molar-refractivity contribution in [2.24, 2.45) is 0 Å². The van der Waals surface area contributed by atoms with Crippen LogP contribution in [0.4, 0.5) is 5.13 Å². The van der Waals surface area contributed by atoms with Crippen molar-refractivity contribution in [3.8, 4) is 0 Å². The molecule has 0 spiro atoms. The minimum Gasteiger partial charge on any atom is -0.394 e. The van der Waals surface area contributed by atoms with E-state index in [4.69, 9.17) is 5.11 Å². The summed E-state index contributed by atoms with van der Waals surface area (Å²) in [7, 11) is 0. The Balaban J connectivity index is 2.11. The molecular weight excluding hydrogens is 188 g/mol. The number of hydrogen-bond acceptors (Lipinski definition) is 6. The summed E-state index contributed by atoms with van der Waals surface area (Å²) in [6.45, 7) is 1.15. The summed E-state index contributed by atoms with van der Waals surface area (Å²) in [6.07, 6.45) is 3.39. The molecule has 0 saturated carbocycles. The first-order valence-corrected chi connectivity index (χ1v) is 5.21. The molecule has 0 amide bonds. The van der Waals surface area contributed by atoms with Crippen molar-refractivity contribution >= 4 is 16.7 Å². The molecule has 2 rings (SSSR count). The summed E-state index contributed by atoms with van der Waals surface area (Å²) >= 11 is 1.29. The van der Waals surface area contributed by atoms with Crippen LogP contribution in [0.15, 0.2) is 0 Å². The zero-order valence-electron chi connectivity index (χ0n) is 7.26. The average molecular weight is 200 g/mol. The highest BCUT2D eigenvalue weighted by Crippen LogP contribution is 2.24. The number of rotatable bonds is 2. The third-order valence-corrected chi connectivity index (χ3v) is 3.01. The zero-order valence-corrected chi connectivity index (χ0v) is 8.07. The molecule has 1 fully saturated rings. The molecule has 1 atom stereocenters. The molecule has 13 heavy (non-hydrogen) atoms. The molecule has 1 aliphatic rings. The molecular formula is C7H12N4OS. The van der Waals surface area contributed by atoms with Crippen molar-refractivity contribution in [2.45, 2.75) is 25.3 Å². The molecule has 1 N–H and O–H groups in total. The fourth-order valence-electron chi connectivity index (χ4n) is 1.68. The van der Waals surface area contributed by atoms with E-state index in [0.717, 1.165) is 24.5 Å². The lowest BCUT2D eigenvalue weighted by molar-refractivity contribution is 0.240. The number of aliphatic hydroxyl groups excluding tert-OH is 1. The summed E-state index contributed by atoms with van der Waals surface area (Å²) < 4.78 is 3.72. The summed E-state index contributed by atoms with van der Waals surface area (Å²) in [5.41, 5.74) is 0. The van der Waals surface area contributed by atoms with E-state index in [0.29, 0.717) is 0 Å². The van der Waals surface area contributed by atoms with E-state index < -0.39 is 0 Å². The fraction of sp³-hybridized carbons (Fsp3) is 0.857. The second-order valence-corrected chi connectivity index (χ2v) is 3.88. The van der Waals surface area contributed by atoms with Gasteiger partial charge in [0.2, 0.25) is 5.13 Å². The van der Waals surface area contributed by atoms with Crippen molar-refractivity contribution in [2.75, 3.05) is 18.1 Å². The maximum absolute atomic E-state index is 9.15. The third-order valence-electron chi connectivity index (χ3n) is 2.37. The maximum Gasteiger partial charge on any atom is 0.228 e. The lowest BCUT2D eigenvalue weighted by atomic mass is 10.0. The Morgan fingerprint density at radius 2 is 2.46 bits per heavy atom. The molecule has 0 bridgehead atoms. The maximum atomic E-state index is 9.15. The van der Waals surface area contributed by atoms with Crippen LogP contribution in [0.25, 0.3) is 0 Å². The van der Waals surface area contributed by atoms with Gasteiger partial charge < -0.3 is 10.0 Å². The van der Waals surface area contributed by atoms with Gasteiger partial charge in [-0.05, 0) is 24.5 Å². The molecule has 5 nitrogen and oxygen atoms in total. The van der Waals surface area contributed by atoms with E-state index in [1.165, 1.54) is 18.0 Å². The Hall–Kier alpha value is -0.750. The van der Waals surface area contributed by atoms with Gasteiger partial charge in [-0.1, -0.05) is 9.59 Å². The van der Waals surface area contributed by atoms with Gasteiger partial charge in [0.25, 0.3) is 0 Å². The SMILES string of the molecule is OCC1CCCCN1c1nnns1. The molecule has 1 aliphatic heterocycles. The van der Waals surface area contributed by atoms with Gasteiger partial charge in [-0.3, -0.25) is 0 Å². The van der Waals surface area contributed by atoms with E-state index in [1.807, 2.05) is 0 Å². The van der Waals surface area contributed by atoms with Crippen LogP contribution in [0.1, 0.15) is 19.3 Å². The highest BCUT2D eigenvalue weighted by molar-refractivity contribution is 7.09. The Labute approximate surface area is 80.5 Å². The van der Waals surface area contributed by atoms with Crippen molar-refractivity contribution in [1.29, 1.82) is 0 Å². The second kappa shape index (κ2) is 3.97. The molecule has 1 aromatic rings. The van der Waals surface area contributed by atoms with Gasteiger partial charge >= 0.3 is 0 Å². The van der Waals surface area contributed by atoms with Crippen LogP contribution >= 0.6 is 11.5 Å². The van der Waals surface area contributed by atoms with Crippen LogP contribution in [0.3, 0.4) is 0 Å². The van der Waals surface area contributed by atoms with E-state index in [-0.39, 0.29) is 12.6 Å². The lowest BCUT2D eigenvalue weighted by Gasteiger charge is -2.33. The van der Waals surface area contributed by atoms with Crippen molar-refractivity contribution in [1.82, 2.24) is 14.8 Å². The first-order chi connectivity index (χ1) is 6.42. The van der Waals surface area contributed by atoms with Crippen molar-refractivity contribution in [3.05, 3.63) is 0 Å². The zero-order chi connectivity index (χ0) is 9.10. The average Bonchev–Trinajstić information content (AvgIpc) is 2.70. The third kappa shape index (κ3) is 1.78. The second-order valence-electron chi connectivity index (χ2n) is 3.17. The summed E-state index contributed by atoms with van der Waals surface area (Å²) in [4.78, 5) is 2.11. The van der Waals surface area contributed by atoms with Gasteiger partial charge in [-0.25, -0.2) is 0 Å². The quantitative estimate of drug-likeness (QED) is 0.743. The van der Waals surface area contributed by atoms with E-state index in [2.05, 4.69) is 19.7 Å². The summed E-state index contributed by atoms with van der Waals surface area (Å²) in [6, 6.07) is 0.212. The van der Waals surface area contributed by atoms with Gasteiger partial charge in [0, 0.05) is 18.1 Å². The molecule has 1 aromatic heterocycles. The number of anilines is 1. The monoisotopic (exact) mass is 200 g/mol. The van der Waals surface area contributed by atoms with Crippen LogP contribution in [0, 0.1) is 0 Å². The number of hydrogen-bond donors (Lipinski definition) is 1. The molecule has 6 heteroatoms.